The maximum absolute atomic E-state index is 11.4. The monoisotopic (exact) mass is 554 g/mol. The predicted octanol–water partition coefficient (Wildman–Crippen LogP) is 6.65. The van der Waals surface area contributed by atoms with Gasteiger partial charge < -0.3 is 20.1 Å². The number of benzene rings is 2. The molecular weight excluding hydrogens is 516 g/mol. The first-order valence-corrected chi connectivity index (χ1v) is 14.1. The molecule has 7 nitrogen and oxygen atoms in total. The summed E-state index contributed by atoms with van der Waals surface area (Å²) in [5.74, 6) is 0.509. The predicted molar refractivity (Wildman–Crippen MR) is 152 cm³/mol. The third-order valence-corrected chi connectivity index (χ3v) is 8.34. The summed E-state index contributed by atoms with van der Waals surface area (Å²) in [4.78, 5) is 13.9. The Hall–Kier alpha value is -3.16. The number of halogens is 1. The number of aromatic hydroxyl groups is 2. The van der Waals surface area contributed by atoms with Crippen LogP contribution in [-0.4, -0.2) is 44.4 Å². The molecule has 1 fully saturated rings. The van der Waals surface area contributed by atoms with E-state index < -0.39 is 5.97 Å². The van der Waals surface area contributed by atoms with Gasteiger partial charge in [-0.05, 0) is 86.3 Å². The van der Waals surface area contributed by atoms with Gasteiger partial charge in [0.1, 0.15) is 5.75 Å². The van der Waals surface area contributed by atoms with Crippen molar-refractivity contribution in [2.45, 2.75) is 64.6 Å². The molecule has 4 rings (SSSR count). The first-order chi connectivity index (χ1) is 18.7. The van der Waals surface area contributed by atoms with Crippen LogP contribution in [0, 0.1) is 11.8 Å². The summed E-state index contributed by atoms with van der Waals surface area (Å²) >= 11 is 6.15. The van der Waals surface area contributed by atoms with E-state index in [2.05, 4.69) is 42.2 Å². The van der Waals surface area contributed by atoms with Crippen molar-refractivity contribution in [1.82, 2.24) is 9.47 Å². The molecule has 0 aliphatic heterocycles. The molecule has 1 saturated carbocycles. The third-order valence-electron chi connectivity index (χ3n) is 8.09. The molecule has 0 unspecified atom stereocenters. The Labute approximate surface area is 235 Å². The van der Waals surface area contributed by atoms with Gasteiger partial charge in [-0.1, -0.05) is 35.9 Å². The van der Waals surface area contributed by atoms with Crippen molar-refractivity contribution < 1.29 is 24.9 Å². The number of methoxy groups -OCH3 is 1. The minimum absolute atomic E-state index is 0.0566. The summed E-state index contributed by atoms with van der Waals surface area (Å²) in [7, 11) is 1.68. The van der Waals surface area contributed by atoms with Crippen molar-refractivity contribution in [2.75, 3.05) is 13.7 Å². The SMILES string of the molecule is COc1cc(CN(CC2CCC(C(=O)O)CC2)[C@@H](C)c2ccc(Cl)cc2)ccc1CCCn1c(O)ccc1O. The van der Waals surface area contributed by atoms with E-state index in [1.807, 2.05) is 12.1 Å². The van der Waals surface area contributed by atoms with Crippen LogP contribution < -0.4 is 4.74 Å². The standard InChI is InChI=1S/C31H39ClN2O5/c1-21(24-11-13-27(32)14-12-24)33(19-22-5-9-26(10-6-22)31(37)38)20-23-7-8-25(28(18-23)39-2)4-3-17-34-29(35)15-16-30(34)36/h7-8,11-16,18,21-22,26,35-36H,3-6,9-10,17,19-20H2,1-2H3,(H,37,38)/t21-,22?,26?/m0/s1. The van der Waals surface area contributed by atoms with Crippen LogP contribution >= 0.6 is 11.6 Å². The van der Waals surface area contributed by atoms with Crippen LogP contribution in [0.25, 0.3) is 0 Å². The van der Waals surface area contributed by atoms with Crippen LogP contribution in [-0.2, 0) is 24.3 Å². The summed E-state index contributed by atoms with van der Waals surface area (Å²) in [6, 6.07) is 17.5. The number of hydrogen-bond donors (Lipinski definition) is 3. The van der Waals surface area contributed by atoms with Gasteiger partial charge in [0, 0.05) is 42.8 Å². The van der Waals surface area contributed by atoms with Gasteiger partial charge in [0.2, 0.25) is 0 Å². The molecular formula is C31H39ClN2O5. The number of aromatic nitrogens is 1. The fraction of sp³-hybridized carbons (Fsp3) is 0.452. The molecule has 0 spiro atoms. The number of hydrogen-bond acceptors (Lipinski definition) is 5. The molecule has 1 aliphatic carbocycles. The first kappa shape index (κ1) is 28.8. The second-order valence-corrected chi connectivity index (χ2v) is 11.1. The molecule has 210 valence electrons. The Morgan fingerprint density at radius 1 is 1.05 bits per heavy atom. The summed E-state index contributed by atoms with van der Waals surface area (Å²) < 4.78 is 7.24. The molecule has 2 aromatic carbocycles. The van der Waals surface area contributed by atoms with Crippen LogP contribution in [0.5, 0.6) is 17.5 Å². The van der Waals surface area contributed by atoms with Crippen molar-refractivity contribution >= 4 is 17.6 Å². The summed E-state index contributed by atoms with van der Waals surface area (Å²) in [5, 5.41) is 29.9. The van der Waals surface area contributed by atoms with E-state index in [1.165, 1.54) is 22.3 Å². The summed E-state index contributed by atoms with van der Waals surface area (Å²) in [6.45, 7) is 4.35. The van der Waals surface area contributed by atoms with Crippen molar-refractivity contribution in [2.24, 2.45) is 11.8 Å². The number of carboxylic acid groups (broad SMARTS) is 1. The number of nitrogens with zero attached hydrogens (tertiary/aromatic N) is 2. The van der Waals surface area contributed by atoms with Gasteiger partial charge in [-0.2, -0.15) is 0 Å². The van der Waals surface area contributed by atoms with Crippen molar-refractivity contribution in [1.29, 1.82) is 0 Å². The van der Waals surface area contributed by atoms with Gasteiger partial charge in [0.25, 0.3) is 0 Å². The largest absolute Gasteiger partial charge is 0.496 e. The lowest BCUT2D eigenvalue weighted by atomic mass is 9.81. The van der Waals surface area contributed by atoms with Crippen LogP contribution in [0.15, 0.2) is 54.6 Å². The molecule has 39 heavy (non-hydrogen) atoms. The molecule has 1 atom stereocenters. The Kier molecular flexibility index (Phi) is 9.81. The zero-order chi connectivity index (χ0) is 27.9. The van der Waals surface area contributed by atoms with E-state index in [9.17, 15) is 20.1 Å². The van der Waals surface area contributed by atoms with Gasteiger partial charge in [-0.3, -0.25) is 14.3 Å². The fourth-order valence-corrected chi connectivity index (χ4v) is 5.79. The average molecular weight is 555 g/mol. The van der Waals surface area contributed by atoms with E-state index in [1.54, 1.807) is 7.11 Å². The maximum atomic E-state index is 11.4. The molecule has 1 aromatic heterocycles. The van der Waals surface area contributed by atoms with Crippen molar-refractivity contribution in [3.8, 4) is 17.5 Å². The van der Waals surface area contributed by atoms with E-state index in [0.717, 1.165) is 68.5 Å². The molecule has 8 heteroatoms. The number of aryl methyl sites for hydroxylation is 1. The highest BCUT2D eigenvalue weighted by Crippen LogP contribution is 2.33. The Morgan fingerprint density at radius 2 is 1.72 bits per heavy atom. The second-order valence-electron chi connectivity index (χ2n) is 10.7. The van der Waals surface area contributed by atoms with E-state index in [4.69, 9.17) is 16.3 Å². The third kappa shape index (κ3) is 7.49. The minimum atomic E-state index is -0.672. The molecule has 1 aliphatic rings. The van der Waals surface area contributed by atoms with Crippen molar-refractivity contribution in [3.63, 3.8) is 0 Å². The molecule has 0 saturated heterocycles. The normalized spacial score (nSPS) is 18.3. The lowest BCUT2D eigenvalue weighted by Gasteiger charge is -2.35. The molecule has 0 amide bonds. The smallest absolute Gasteiger partial charge is 0.306 e. The van der Waals surface area contributed by atoms with E-state index >= 15 is 0 Å². The van der Waals surface area contributed by atoms with Crippen LogP contribution in [0.4, 0.5) is 0 Å². The minimum Gasteiger partial charge on any atom is -0.496 e. The lowest BCUT2D eigenvalue weighted by molar-refractivity contribution is -0.143. The molecule has 0 bridgehead atoms. The Morgan fingerprint density at radius 3 is 2.33 bits per heavy atom. The van der Waals surface area contributed by atoms with Crippen LogP contribution in [0.1, 0.15) is 61.8 Å². The Bertz CT molecular complexity index is 1210. The molecule has 0 radical (unpaired) electrons. The van der Waals surface area contributed by atoms with Crippen molar-refractivity contribution in [3.05, 3.63) is 76.3 Å². The number of carbonyl (C=O) groups is 1. The van der Waals surface area contributed by atoms with E-state index in [0.29, 0.717) is 17.5 Å². The van der Waals surface area contributed by atoms with Gasteiger partial charge in [0.05, 0.1) is 13.0 Å². The number of rotatable bonds is 12. The first-order valence-electron chi connectivity index (χ1n) is 13.7. The number of aliphatic carboxylic acids is 1. The van der Waals surface area contributed by atoms with Crippen LogP contribution in [0.3, 0.4) is 0 Å². The van der Waals surface area contributed by atoms with Gasteiger partial charge in [-0.15, -0.1) is 0 Å². The molecule has 3 aromatic rings. The van der Waals surface area contributed by atoms with Gasteiger partial charge >= 0.3 is 5.97 Å². The second kappa shape index (κ2) is 13.3. The van der Waals surface area contributed by atoms with Gasteiger partial charge in [0.15, 0.2) is 11.8 Å². The highest BCUT2D eigenvalue weighted by atomic mass is 35.5. The highest BCUT2D eigenvalue weighted by molar-refractivity contribution is 6.30. The summed E-state index contributed by atoms with van der Waals surface area (Å²) in [6.07, 6.45) is 4.82. The average Bonchev–Trinajstić information content (AvgIpc) is 3.26. The quantitative estimate of drug-likeness (QED) is 0.232. The number of carboxylic acids is 1. The van der Waals surface area contributed by atoms with Gasteiger partial charge in [-0.25, -0.2) is 0 Å². The Balaban J connectivity index is 1.46. The topological polar surface area (TPSA) is 95.2 Å². The molecule has 3 N–H and O–H groups in total. The maximum Gasteiger partial charge on any atom is 0.306 e. The molecule has 1 heterocycles. The summed E-state index contributed by atoms with van der Waals surface area (Å²) in [5.41, 5.74) is 3.42. The zero-order valence-electron chi connectivity index (χ0n) is 22.7. The van der Waals surface area contributed by atoms with E-state index in [-0.39, 0.29) is 23.7 Å². The highest BCUT2D eigenvalue weighted by Gasteiger charge is 2.28. The number of ether oxygens (including phenoxy) is 1. The lowest BCUT2D eigenvalue weighted by Crippen LogP contribution is -2.34. The fourth-order valence-electron chi connectivity index (χ4n) is 5.67. The van der Waals surface area contributed by atoms with Crippen LogP contribution in [0.2, 0.25) is 5.02 Å². The zero-order valence-corrected chi connectivity index (χ0v) is 23.5.